The first-order valence-electron chi connectivity index (χ1n) is 4.67. The van der Waals surface area contributed by atoms with Gasteiger partial charge in [0, 0.05) is 22.1 Å². The highest BCUT2D eigenvalue weighted by Gasteiger charge is 2.05. The van der Waals surface area contributed by atoms with Gasteiger partial charge in [0.1, 0.15) is 12.2 Å². The minimum Gasteiger partial charge on any atom is -0.398 e. The summed E-state index contributed by atoms with van der Waals surface area (Å²) in [4.78, 5) is 1.05. The molecule has 0 unspecified atom stereocenters. The topological polar surface area (TPSA) is 56.7 Å². The van der Waals surface area contributed by atoms with Gasteiger partial charge in [-0.2, -0.15) is 0 Å². The van der Waals surface area contributed by atoms with E-state index in [-0.39, 0.29) is 0 Å². The molecule has 0 bridgehead atoms. The first-order chi connectivity index (χ1) is 7.66. The van der Waals surface area contributed by atoms with Gasteiger partial charge < -0.3 is 10.3 Å². The van der Waals surface area contributed by atoms with E-state index in [0.29, 0.717) is 0 Å². The van der Waals surface area contributed by atoms with Crippen molar-refractivity contribution in [2.45, 2.75) is 10.6 Å². The SMILES string of the molecule is Cn1cnnc1CSc1cc(Br)ccc1N. The van der Waals surface area contributed by atoms with E-state index in [0.717, 1.165) is 26.6 Å². The number of halogens is 1. The maximum Gasteiger partial charge on any atom is 0.142 e. The third-order valence-corrected chi connectivity index (χ3v) is 3.70. The van der Waals surface area contributed by atoms with Crippen LogP contribution in [0, 0.1) is 0 Å². The van der Waals surface area contributed by atoms with E-state index in [1.54, 1.807) is 18.1 Å². The Labute approximate surface area is 106 Å². The van der Waals surface area contributed by atoms with Crippen LogP contribution < -0.4 is 5.73 Å². The standard InChI is InChI=1S/C10H11BrN4S/c1-15-6-13-14-10(15)5-16-9-4-7(11)2-3-8(9)12/h2-4,6H,5,12H2,1H3. The fourth-order valence-corrected chi connectivity index (χ4v) is 2.72. The maximum atomic E-state index is 5.88. The lowest BCUT2D eigenvalue weighted by Crippen LogP contribution is -1.95. The maximum absolute atomic E-state index is 5.88. The van der Waals surface area contributed by atoms with Gasteiger partial charge in [-0.15, -0.1) is 22.0 Å². The molecule has 0 aliphatic rings. The molecular formula is C10H11BrN4S. The summed E-state index contributed by atoms with van der Waals surface area (Å²) in [6.45, 7) is 0. The van der Waals surface area contributed by atoms with E-state index in [4.69, 9.17) is 5.73 Å². The number of nitrogen functional groups attached to an aromatic ring is 1. The predicted octanol–water partition coefficient (Wildman–Crippen LogP) is 2.45. The summed E-state index contributed by atoms with van der Waals surface area (Å²) in [7, 11) is 1.93. The zero-order valence-electron chi connectivity index (χ0n) is 8.72. The minimum absolute atomic E-state index is 0.761. The van der Waals surface area contributed by atoms with Crippen molar-refractivity contribution >= 4 is 33.4 Å². The Hall–Kier alpha value is -1.01. The molecule has 2 aromatic rings. The number of aryl methyl sites for hydroxylation is 1. The number of hydrogen-bond acceptors (Lipinski definition) is 4. The van der Waals surface area contributed by atoms with E-state index in [2.05, 4.69) is 26.1 Å². The lowest BCUT2D eigenvalue weighted by molar-refractivity contribution is 0.849. The molecule has 1 aromatic heterocycles. The van der Waals surface area contributed by atoms with Gasteiger partial charge in [0.15, 0.2) is 0 Å². The highest BCUT2D eigenvalue weighted by molar-refractivity contribution is 9.10. The highest BCUT2D eigenvalue weighted by Crippen LogP contribution is 2.30. The number of thioether (sulfide) groups is 1. The molecule has 2 rings (SSSR count). The lowest BCUT2D eigenvalue weighted by Gasteiger charge is -2.05. The summed E-state index contributed by atoms with van der Waals surface area (Å²) in [5.41, 5.74) is 6.67. The van der Waals surface area contributed by atoms with E-state index < -0.39 is 0 Å². The van der Waals surface area contributed by atoms with Crippen molar-refractivity contribution in [1.29, 1.82) is 0 Å². The van der Waals surface area contributed by atoms with Gasteiger partial charge in [-0.25, -0.2) is 0 Å². The fourth-order valence-electron chi connectivity index (χ4n) is 1.21. The molecule has 0 aliphatic heterocycles. The first kappa shape index (κ1) is 11.5. The minimum atomic E-state index is 0.761. The summed E-state index contributed by atoms with van der Waals surface area (Å²) in [6.07, 6.45) is 1.69. The predicted molar refractivity (Wildman–Crippen MR) is 69.1 cm³/mol. The van der Waals surface area contributed by atoms with Crippen LogP contribution in [0.2, 0.25) is 0 Å². The second-order valence-electron chi connectivity index (χ2n) is 3.33. The third kappa shape index (κ3) is 2.56. The van der Waals surface area contributed by atoms with Gasteiger partial charge >= 0.3 is 0 Å². The number of benzene rings is 1. The van der Waals surface area contributed by atoms with Crippen LogP contribution in [0.4, 0.5) is 5.69 Å². The van der Waals surface area contributed by atoms with Crippen molar-refractivity contribution in [2.24, 2.45) is 7.05 Å². The van der Waals surface area contributed by atoms with Crippen LogP contribution in [0.5, 0.6) is 0 Å². The van der Waals surface area contributed by atoms with Gasteiger partial charge in [0.05, 0.1) is 5.75 Å². The average Bonchev–Trinajstić information content (AvgIpc) is 2.66. The molecule has 4 nitrogen and oxygen atoms in total. The van der Waals surface area contributed by atoms with Crippen molar-refractivity contribution in [3.05, 3.63) is 34.8 Å². The number of rotatable bonds is 3. The summed E-state index contributed by atoms with van der Waals surface area (Å²) in [5, 5.41) is 7.86. The Morgan fingerprint density at radius 2 is 2.31 bits per heavy atom. The Morgan fingerprint density at radius 1 is 1.50 bits per heavy atom. The molecular weight excluding hydrogens is 288 g/mol. The number of nitrogens with zero attached hydrogens (tertiary/aromatic N) is 3. The normalized spacial score (nSPS) is 10.6. The van der Waals surface area contributed by atoms with Gasteiger partial charge in [0.25, 0.3) is 0 Å². The third-order valence-electron chi connectivity index (χ3n) is 2.14. The van der Waals surface area contributed by atoms with Crippen LogP contribution in [0.1, 0.15) is 5.82 Å². The summed E-state index contributed by atoms with van der Waals surface area (Å²) in [5.74, 6) is 1.70. The Balaban J connectivity index is 2.10. The highest BCUT2D eigenvalue weighted by atomic mass is 79.9. The van der Waals surface area contributed by atoms with E-state index >= 15 is 0 Å². The van der Waals surface area contributed by atoms with Crippen LogP contribution in [-0.4, -0.2) is 14.8 Å². The number of aromatic nitrogens is 3. The molecule has 0 saturated carbocycles. The van der Waals surface area contributed by atoms with Gasteiger partial charge in [-0.3, -0.25) is 0 Å². The molecule has 0 radical (unpaired) electrons. The van der Waals surface area contributed by atoms with Crippen molar-refractivity contribution in [3.8, 4) is 0 Å². The number of hydrogen-bond donors (Lipinski definition) is 1. The van der Waals surface area contributed by atoms with E-state index in [1.165, 1.54) is 0 Å². The Morgan fingerprint density at radius 3 is 3.00 bits per heavy atom. The fraction of sp³-hybridized carbons (Fsp3) is 0.200. The molecule has 0 spiro atoms. The molecule has 0 atom stereocenters. The molecule has 0 amide bonds. The zero-order chi connectivity index (χ0) is 11.5. The van der Waals surface area contributed by atoms with Crippen molar-refractivity contribution in [2.75, 3.05) is 5.73 Å². The molecule has 1 aromatic carbocycles. The Bertz CT molecular complexity index is 497. The average molecular weight is 299 g/mol. The number of anilines is 1. The molecule has 16 heavy (non-hydrogen) atoms. The smallest absolute Gasteiger partial charge is 0.142 e. The number of nitrogens with two attached hydrogens (primary N) is 1. The van der Waals surface area contributed by atoms with Crippen LogP contribution in [0.3, 0.4) is 0 Å². The lowest BCUT2D eigenvalue weighted by atomic mass is 10.3. The van der Waals surface area contributed by atoms with Crippen LogP contribution in [-0.2, 0) is 12.8 Å². The zero-order valence-corrected chi connectivity index (χ0v) is 11.1. The molecule has 6 heteroatoms. The summed E-state index contributed by atoms with van der Waals surface area (Å²) in [6, 6.07) is 5.83. The Kier molecular flexibility index (Phi) is 3.50. The van der Waals surface area contributed by atoms with Crippen molar-refractivity contribution in [1.82, 2.24) is 14.8 Å². The summed E-state index contributed by atoms with van der Waals surface area (Å²) < 4.78 is 2.93. The van der Waals surface area contributed by atoms with Gasteiger partial charge in [-0.1, -0.05) is 15.9 Å². The molecule has 84 valence electrons. The molecule has 2 N–H and O–H groups in total. The van der Waals surface area contributed by atoms with Crippen molar-refractivity contribution in [3.63, 3.8) is 0 Å². The van der Waals surface area contributed by atoms with E-state index in [9.17, 15) is 0 Å². The molecule has 0 saturated heterocycles. The largest absolute Gasteiger partial charge is 0.398 e. The van der Waals surface area contributed by atoms with Crippen LogP contribution in [0.25, 0.3) is 0 Å². The molecule has 0 aliphatic carbocycles. The quantitative estimate of drug-likeness (QED) is 0.698. The van der Waals surface area contributed by atoms with Gasteiger partial charge in [-0.05, 0) is 18.2 Å². The van der Waals surface area contributed by atoms with Crippen molar-refractivity contribution < 1.29 is 0 Å². The van der Waals surface area contributed by atoms with E-state index in [1.807, 2.05) is 29.8 Å². The van der Waals surface area contributed by atoms with Crippen LogP contribution >= 0.6 is 27.7 Å². The monoisotopic (exact) mass is 298 g/mol. The molecule has 0 fully saturated rings. The second kappa shape index (κ2) is 4.88. The first-order valence-corrected chi connectivity index (χ1v) is 6.45. The van der Waals surface area contributed by atoms with Gasteiger partial charge in [0.2, 0.25) is 0 Å². The molecule has 1 heterocycles. The van der Waals surface area contributed by atoms with Crippen LogP contribution in [0.15, 0.2) is 33.9 Å². The summed E-state index contributed by atoms with van der Waals surface area (Å²) >= 11 is 5.08. The second-order valence-corrected chi connectivity index (χ2v) is 5.26.